The van der Waals surface area contributed by atoms with E-state index >= 15 is 0 Å². The monoisotopic (exact) mass is 418 g/mol. The molecule has 0 radical (unpaired) electrons. The summed E-state index contributed by atoms with van der Waals surface area (Å²) in [6.45, 7) is 10.6. The van der Waals surface area contributed by atoms with Crippen LogP contribution in [0.1, 0.15) is 30.2 Å². The van der Waals surface area contributed by atoms with E-state index in [1.54, 1.807) is 11.3 Å². The topological polar surface area (TPSA) is 62.5 Å². The summed E-state index contributed by atoms with van der Waals surface area (Å²) in [6.07, 6.45) is 2.72. The number of piperazine rings is 1. The lowest BCUT2D eigenvalue weighted by molar-refractivity contribution is -0.134. The first-order valence-corrected chi connectivity index (χ1v) is 8.45. The van der Waals surface area contributed by atoms with E-state index < -0.39 is 0 Å². The van der Waals surface area contributed by atoms with Crippen molar-refractivity contribution in [1.82, 2.24) is 14.8 Å². The van der Waals surface area contributed by atoms with Gasteiger partial charge in [-0.25, -0.2) is 4.98 Å². The summed E-state index contributed by atoms with van der Waals surface area (Å²) < 4.78 is 0. The second kappa shape index (κ2) is 12.3. The van der Waals surface area contributed by atoms with Gasteiger partial charge in [-0.05, 0) is 19.3 Å². The lowest BCUT2D eigenvalue weighted by Gasteiger charge is -2.35. The minimum absolute atomic E-state index is 0. The Balaban J connectivity index is 0. The number of hydrogen-bond donors (Lipinski definition) is 1. The molecule has 5 nitrogen and oxygen atoms in total. The molecular formula is C15H29Cl3N4OS. The summed E-state index contributed by atoms with van der Waals surface area (Å²) >= 11 is 1.75. The normalized spacial score (nSPS) is 16.0. The van der Waals surface area contributed by atoms with Gasteiger partial charge >= 0.3 is 0 Å². The average Bonchev–Trinajstić information content (AvgIpc) is 2.83. The van der Waals surface area contributed by atoms with Crippen LogP contribution in [0.25, 0.3) is 0 Å². The summed E-state index contributed by atoms with van der Waals surface area (Å²) in [7, 11) is 0. The number of carbonyl (C=O) groups is 1. The van der Waals surface area contributed by atoms with Gasteiger partial charge in [0, 0.05) is 43.8 Å². The van der Waals surface area contributed by atoms with Crippen LogP contribution in [0.4, 0.5) is 0 Å². The van der Waals surface area contributed by atoms with Crippen LogP contribution in [0.3, 0.4) is 0 Å². The fourth-order valence-corrected chi connectivity index (χ4v) is 3.51. The van der Waals surface area contributed by atoms with Crippen LogP contribution >= 0.6 is 48.6 Å². The molecule has 0 bridgehead atoms. The largest absolute Gasteiger partial charge is 0.339 e. The van der Waals surface area contributed by atoms with E-state index in [9.17, 15) is 4.79 Å². The number of nitrogens with zero attached hydrogens (tertiary/aromatic N) is 3. The molecule has 1 aromatic rings. The number of hydrogen-bond acceptors (Lipinski definition) is 5. The van der Waals surface area contributed by atoms with Crippen molar-refractivity contribution in [3.63, 3.8) is 0 Å². The Kier molecular flexibility index (Phi) is 13.4. The Hall–Kier alpha value is -0.110. The van der Waals surface area contributed by atoms with Gasteiger partial charge in [-0.1, -0.05) is 13.8 Å². The Morgan fingerprint density at radius 2 is 1.83 bits per heavy atom. The van der Waals surface area contributed by atoms with Gasteiger partial charge in [-0.15, -0.1) is 48.6 Å². The molecule has 9 heteroatoms. The van der Waals surface area contributed by atoms with Crippen LogP contribution in [-0.4, -0.2) is 52.9 Å². The minimum atomic E-state index is -0.347. The van der Waals surface area contributed by atoms with Crippen molar-refractivity contribution >= 4 is 54.5 Å². The van der Waals surface area contributed by atoms with Crippen molar-refractivity contribution in [3.8, 4) is 0 Å². The van der Waals surface area contributed by atoms with Gasteiger partial charge in [0.15, 0.2) is 0 Å². The summed E-state index contributed by atoms with van der Waals surface area (Å²) in [4.78, 5) is 22.2. The van der Waals surface area contributed by atoms with E-state index in [1.807, 2.05) is 18.0 Å². The average molecular weight is 420 g/mol. The Bertz CT molecular complexity index is 479. The quantitative estimate of drug-likeness (QED) is 0.797. The molecule has 0 aliphatic carbocycles. The van der Waals surface area contributed by atoms with Crippen LogP contribution in [0, 0.1) is 12.8 Å². The van der Waals surface area contributed by atoms with Crippen molar-refractivity contribution in [2.75, 3.05) is 26.2 Å². The zero-order chi connectivity index (χ0) is 15.4. The fourth-order valence-electron chi connectivity index (χ4n) is 2.67. The zero-order valence-electron chi connectivity index (χ0n) is 14.4. The lowest BCUT2D eigenvalue weighted by atomic mass is 10.0. The molecule has 0 saturated carbocycles. The third-order valence-electron chi connectivity index (χ3n) is 3.78. The van der Waals surface area contributed by atoms with Crippen LogP contribution in [0.5, 0.6) is 0 Å². The maximum atomic E-state index is 12.3. The Morgan fingerprint density at radius 3 is 2.29 bits per heavy atom. The van der Waals surface area contributed by atoms with Gasteiger partial charge in [-0.2, -0.15) is 0 Å². The molecule has 24 heavy (non-hydrogen) atoms. The van der Waals surface area contributed by atoms with E-state index in [-0.39, 0.29) is 49.2 Å². The van der Waals surface area contributed by atoms with E-state index in [4.69, 9.17) is 5.73 Å². The first-order chi connectivity index (χ1) is 9.95. The molecule has 1 aromatic heterocycles. The first-order valence-electron chi connectivity index (χ1n) is 7.63. The van der Waals surface area contributed by atoms with E-state index in [0.29, 0.717) is 5.92 Å². The predicted octanol–water partition coefficient (Wildman–Crippen LogP) is 2.73. The third kappa shape index (κ3) is 7.85. The van der Waals surface area contributed by atoms with Crippen molar-refractivity contribution in [3.05, 3.63) is 16.1 Å². The number of nitrogens with two attached hydrogens (primary N) is 1. The number of thiazole rings is 1. The maximum Gasteiger partial charge on any atom is 0.239 e. The number of carbonyl (C=O) groups excluding carboxylic acids is 1. The minimum Gasteiger partial charge on any atom is -0.339 e. The highest BCUT2D eigenvalue weighted by molar-refractivity contribution is 7.11. The molecule has 1 aliphatic rings. The predicted molar refractivity (Wildman–Crippen MR) is 108 cm³/mol. The molecule has 0 spiro atoms. The van der Waals surface area contributed by atoms with Crippen LogP contribution in [0.15, 0.2) is 6.20 Å². The molecule has 2 rings (SSSR count). The Labute approximate surface area is 167 Å². The summed E-state index contributed by atoms with van der Waals surface area (Å²) in [5.74, 6) is 0.566. The zero-order valence-corrected chi connectivity index (χ0v) is 17.7. The molecule has 1 atom stereocenters. The van der Waals surface area contributed by atoms with Crippen molar-refractivity contribution < 1.29 is 4.79 Å². The molecule has 1 fully saturated rings. The second-order valence-electron chi connectivity index (χ2n) is 6.18. The molecule has 2 N–H and O–H groups in total. The van der Waals surface area contributed by atoms with E-state index in [0.717, 1.165) is 44.2 Å². The van der Waals surface area contributed by atoms with Crippen molar-refractivity contribution in [2.45, 2.75) is 39.8 Å². The summed E-state index contributed by atoms with van der Waals surface area (Å²) in [5.41, 5.74) is 6.00. The molecule has 1 amide bonds. The molecular weight excluding hydrogens is 391 g/mol. The number of rotatable bonds is 5. The maximum absolute atomic E-state index is 12.3. The SMILES string of the molecule is Cc1ncc(CN2CCN(C(=O)[C@@H](N)CC(C)C)CC2)s1.Cl.Cl.Cl. The van der Waals surface area contributed by atoms with Gasteiger partial charge in [-0.3, -0.25) is 9.69 Å². The highest BCUT2D eigenvalue weighted by Crippen LogP contribution is 2.16. The van der Waals surface area contributed by atoms with Gasteiger partial charge in [0.1, 0.15) is 0 Å². The van der Waals surface area contributed by atoms with Crippen LogP contribution in [-0.2, 0) is 11.3 Å². The molecule has 0 unspecified atom stereocenters. The number of aromatic nitrogens is 1. The summed E-state index contributed by atoms with van der Waals surface area (Å²) in [5, 5.41) is 1.11. The van der Waals surface area contributed by atoms with Crippen LogP contribution in [0.2, 0.25) is 0 Å². The second-order valence-corrected chi connectivity index (χ2v) is 7.50. The standard InChI is InChI=1S/C15H26N4OS.3ClH/c1-11(2)8-14(16)15(20)19-6-4-18(5-7-19)10-13-9-17-12(3)21-13;;;/h9,11,14H,4-8,10,16H2,1-3H3;3*1H/t14-;;;/m0.../s1. The van der Waals surface area contributed by atoms with Gasteiger partial charge in [0.2, 0.25) is 5.91 Å². The smallest absolute Gasteiger partial charge is 0.239 e. The molecule has 142 valence electrons. The number of halogens is 3. The van der Waals surface area contributed by atoms with Crippen LogP contribution < -0.4 is 5.73 Å². The number of amides is 1. The van der Waals surface area contributed by atoms with E-state index in [1.165, 1.54) is 4.88 Å². The van der Waals surface area contributed by atoms with Gasteiger partial charge in [0.05, 0.1) is 11.0 Å². The number of aryl methyl sites for hydroxylation is 1. The molecule has 1 aliphatic heterocycles. The Morgan fingerprint density at radius 1 is 1.25 bits per heavy atom. The van der Waals surface area contributed by atoms with Crippen molar-refractivity contribution in [1.29, 1.82) is 0 Å². The summed E-state index contributed by atoms with van der Waals surface area (Å²) in [6, 6.07) is -0.347. The molecule has 2 heterocycles. The molecule has 1 saturated heterocycles. The third-order valence-corrected chi connectivity index (χ3v) is 4.67. The van der Waals surface area contributed by atoms with Gasteiger partial charge in [0.25, 0.3) is 0 Å². The van der Waals surface area contributed by atoms with Gasteiger partial charge < -0.3 is 10.6 Å². The highest BCUT2D eigenvalue weighted by Gasteiger charge is 2.25. The molecule has 0 aromatic carbocycles. The van der Waals surface area contributed by atoms with Crippen molar-refractivity contribution in [2.24, 2.45) is 11.7 Å². The highest BCUT2D eigenvalue weighted by atomic mass is 35.5. The lowest BCUT2D eigenvalue weighted by Crippen LogP contribution is -2.53. The fraction of sp³-hybridized carbons (Fsp3) is 0.733. The first kappa shape index (κ1) is 26.1. The van der Waals surface area contributed by atoms with E-state index in [2.05, 4.69) is 23.7 Å².